The fourth-order valence-corrected chi connectivity index (χ4v) is 8.36. The number of anilines is 1. The Hall–Kier alpha value is -3.42. The summed E-state index contributed by atoms with van der Waals surface area (Å²) in [6.07, 6.45) is 4.01. The molecular formula is C37H49F3N4O4SSi. The summed E-state index contributed by atoms with van der Waals surface area (Å²) in [4.78, 5) is 34.7. The van der Waals surface area contributed by atoms with Crippen molar-refractivity contribution in [2.24, 2.45) is 5.92 Å². The lowest BCUT2D eigenvalue weighted by molar-refractivity contribution is 0.0485. The van der Waals surface area contributed by atoms with Gasteiger partial charge in [-0.3, -0.25) is 9.78 Å². The van der Waals surface area contributed by atoms with Crippen LogP contribution < -0.4 is 10.6 Å². The summed E-state index contributed by atoms with van der Waals surface area (Å²) in [6, 6.07) is 6.85. The standard InChI is InChI=1S/C37H49F3N4O4SSi/c1-22-19-23(20-29(44-35(46)48-36(2,3)4)33(22)49-18-17-47-50(8,9)37(5,6)7)24-15-16-41-21-30(24)43-34(45)28-14-13-27(40)32(42-28)31-25(38)11-10-12-26(31)39/h10-16,21-23,29,33H,17-20H2,1-9H3,(H,43,45)(H,44,46)/t22-,23+,29+,33-/m0/s1. The van der Waals surface area contributed by atoms with E-state index in [-0.39, 0.29) is 33.9 Å². The predicted molar refractivity (Wildman–Crippen MR) is 195 cm³/mol. The van der Waals surface area contributed by atoms with Crippen molar-refractivity contribution in [3.63, 3.8) is 0 Å². The molecule has 0 saturated heterocycles. The van der Waals surface area contributed by atoms with Crippen LogP contribution in [0.25, 0.3) is 11.3 Å². The second kappa shape index (κ2) is 15.9. The highest BCUT2D eigenvalue weighted by Crippen LogP contribution is 2.44. The van der Waals surface area contributed by atoms with E-state index in [0.717, 1.165) is 48.1 Å². The Balaban J connectivity index is 1.55. The molecule has 2 heterocycles. The summed E-state index contributed by atoms with van der Waals surface area (Å²) in [7, 11) is -1.91. The number of thioether (sulfide) groups is 1. The van der Waals surface area contributed by atoms with Crippen LogP contribution in [0.5, 0.6) is 0 Å². The first kappa shape index (κ1) is 39.4. The Morgan fingerprint density at radius 2 is 1.66 bits per heavy atom. The van der Waals surface area contributed by atoms with E-state index >= 15 is 0 Å². The van der Waals surface area contributed by atoms with Gasteiger partial charge in [0.05, 0.1) is 17.4 Å². The summed E-state index contributed by atoms with van der Waals surface area (Å²) < 4.78 is 55.8. The molecule has 4 rings (SSSR count). The fraction of sp³-hybridized carbons (Fsp3) is 0.514. The van der Waals surface area contributed by atoms with Crippen LogP contribution in [0.3, 0.4) is 0 Å². The lowest BCUT2D eigenvalue weighted by Crippen LogP contribution is -2.50. The molecule has 8 nitrogen and oxygen atoms in total. The number of amides is 2. The zero-order valence-electron chi connectivity index (χ0n) is 30.3. The minimum absolute atomic E-state index is 0.0761. The number of alkyl carbamates (subject to hydrolysis) is 1. The normalized spacial score (nSPS) is 19.9. The number of carbonyl (C=O) groups excluding carboxylic acids is 2. The Bertz CT molecular complexity index is 1660. The van der Waals surface area contributed by atoms with Crippen molar-refractivity contribution in [3.05, 3.63) is 77.5 Å². The Morgan fingerprint density at radius 1 is 0.980 bits per heavy atom. The Kier molecular flexibility index (Phi) is 12.5. The molecule has 2 amide bonds. The lowest BCUT2D eigenvalue weighted by Gasteiger charge is -2.41. The number of hydrogen-bond donors (Lipinski definition) is 2. The van der Waals surface area contributed by atoms with Gasteiger partial charge < -0.3 is 19.8 Å². The molecule has 4 atom stereocenters. The number of carbonyl (C=O) groups is 2. The van der Waals surface area contributed by atoms with Crippen LogP contribution in [0.4, 0.5) is 23.7 Å². The molecule has 50 heavy (non-hydrogen) atoms. The average molecular weight is 731 g/mol. The van der Waals surface area contributed by atoms with Crippen molar-refractivity contribution < 1.29 is 31.9 Å². The second-order valence-corrected chi connectivity index (χ2v) is 21.5. The molecule has 0 radical (unpaired) electrons. The van der Waals surface area contributed by atoms with E-state index in [1.54, 1.807) is 18.0 Å². The molecule has 2 N–H and O–H groups in total. The van der Waals surface area contributed by atoms with Crippen LogP contribution in [0, 0.1) is 23.4 Å². The van der Waals surface area contributed by atoms with E-state index in [1.165, 1.54) is 6.20 Å². The molecule has 1 aliphatic rings. The van der Waals surface area contributed by atoms with Gasteiger partial charge in [-0.2, -0.15) is 11.8 Å². The smallest absolute Gasteiger partial charge is 0.407 e. The van der Waals surface area contributed by atoms with Gasteiger partial charge in [-0.05, 0) is 99.5 Å². The molecule has 2 aromatic heterocycles. The zero-order chi connectivity index (χ0) is 37.0. The average Bonchev–Trinajstić information content (AvgIpc) is 2.99. The molecule has 1 aromatic carbocycles. The van der Waals surface area contributed by atoms with Crippen molar-refractivity contribution in [2.45, 2.75) is 102 Å². The first-order chi connectivity index (χ1) is 23.3. The highest BCUT2D eigenvalue weighted by atomic mass is 32.2. The quantitative estimate of drug-likeness (QED) is 0.158. The first-order valence-corrected chi connectivity index (χ1v) is 20.8. The molecule has 0 bridgehead atoms. The van der Waals surface area contributed by atoms with Gasteiger partial charge in [0, 0.05) is 29.8 Å². The number of nitrogens with zero attached hydrogens (tertiary/aromatic N) is 2. The highest BCUT2D eigenvalue weighted by Gasteiger charge is 2.40. The third-order valence-electron chi connectivity index (χ3n) is 9.34. The molecule has 0 aliphatic heterocycles. The monoisotopic (exact) mass is 730 g/mol. The summed E-state index contributed by atoms with van der Waals surface area (Å²) in [6.45, 7) is 19.4. The number of halogens is 3. The van der Waals surface area contributed by atoms with Gasteiger partial charge in [0.1, 0.15) is 34.4 Å². The number of rotatable bonds is 10. The Morgan fingerprint density at radius 3 is 2.30 bits per heavy atom. The summed E-state index contributed by atoms with van der Waals surface area (Å²) in [5.74, 6) is -2.79. The minimum atomic E-state index is -1.91. The number of aromatic nitrogens is 2. The van der Waals surface area contributed by atoms with E-state index in [9.17, 15) is 22.8 Å². The van der Waals surface area contributed by atoms with E-state index < -0.39 is 54.6 Å². The van der Waals surface area contributed by atoms with Gasteiger partial charge in [-0.25, -0.2) is 22.9 Å². The van der Waals surface area contributed by atoms with Crippen molar-refractivity contribution in [1.29, 1.82) is 0 Å². The zero-order valence-corrected chi connectivity index (χ0v) is 32.1. The van der Waals surface area contributed by atoms with Crippen molar-refractivity contribution in [2.75, 3.05) is 17.7 Å². The van der Waals surface area contributed by atoms with Gasteiger partial charge in [0.15, 0.2) is 8.32 Å². The maximum absolute atomic E-state index is 14.7. The summed E-state index contributed by atoms with van der Waals surface area (Å²) in [5.41, 5.74) is -0.918. The third-order valence-corrected chi connectivity index (χ3v) is 15.5. The second-order valence-electron chi connectivity index (χ2n) is 15.4. The van der Waals surface area contributed by atoms with Gasteiger partial charge in [-0.1, -0.05) is 33.8 Å². The topological polar surface area (TPSA) is 102 Å². The van der Waals surface area contributed by atoms with Crippen molar-refractivity contribution >= 4 is 37.8 Å². The van der Waals surface area contributed by atoms with Crippen LogP contribution in [-0.2, 0) is 9.16 Å². The Labute approximate surface area is 298 Å². The highest BCUT2D eigenvalue weighted by molar-refractivity contribution is 8.00. The van der Waals surface area contributed by atoms with Crippen LogP contribution in [-0.4, -0.2) is 59.5 Å². The van der Waals surface area contributed by atoms with E-state index in [1.807, 2.05) is 26.8 Å². The van der Waals surface area contributed by atoms with Crippen molar-refractivity contribution in [1.82, 2.24) is 15.3 Å². The molecule has 1 fully saturated rings. The molecule has 272 valence electrons. The fourth-order valence-electron chi connectivity index (χ4n) is 5.87. The lowest BCUT2D eigenvalue weighted by atomic mass is 9.75. The molecule has 1 saturated carbocycles. The molecule has 0 spiro atoms. The SMILES string of the molecule is C[C@H]1C[C@@H](c2ccncc2NC(=O)c2ccc(F)c(-c3c(F)cccc3F)n2)C[C@@H](NC(=O)OC(C)(C)C)[C@H]1SCCO[Si](C)(C)C(C)(C)C. The summed E-state index contributed by atoms with van der Waals surface area (Å²) >= 11 is 1.79. The molecule has 3 aromatic rings. The molecule has 0 unspecified atom stereocenters. The molecular weight excluding hydrogens is 682 g/mol. The number of nitrogens with one attached hydrogen (secondary N) is 2. The number of pyridine rings is 2. The molecule has 13 heteroatoms. The van der Waals surface area contributed by atoms with Gasteiger partial charge in [-0.15, -0.1) is 0 Å². The number of hydrogen-bond acceptors (Lipinski definition) is 7. The van der Waals surface area contributed by atoms with Crippen LogP contribution >= 0.6 is 11.8 Å². The first-order valence-electron chi connectivity index (χ1n) is 16.9. The number of benzene rings is 1. The van der Waals surface area contributed by atoms with Crippen LogP contribution in [0.15, 0.2) is 48.8 Å². The maximum atomic E-state index is 14.7. The number of ether oxygens (including phenoxy) is 1. The van der Waals surface area contributed by atoms with Gasteiger partial charge in [0.2, 0.25) is 0 Å². The summed E-state index contributed by atoms with van der Waals surface area (Å²) in [5, 5.41) is 6.15. The van der Waals surface area contributed by atoms with Gasteiger partial charge in [0.25, 0.3) is 5.91 Å². The van der Waals surface area contributed by atoms with Crippen LogP contribution in [0.1, 0.15) is 83.3 Å². The minimum Gasteiger partial charge on any atom is -0.444 e. The van der Waals surface area contributed by atoms with E-state index in [2.05, 4.69) is 61.4 Å². The third kappa shape index (κ3) is 9.88. The van der Waals surface area contributed by atoms with E-state index in [4.69, 9.17) is 9.16 Å². The predicted octanol–water partition coefficient (Wildman–Crippen LogP) is 9.34. The molecule has 1 aliphatic carbocycles. The van der Waals surface area contributed by atoms with Crippen molar-refractivity contribution in [3.8, 4) is 11.3 Å². The van der Waals surface area contributed by atoms with Crippen LogP contribution in [0.2, 0.25) is 18.1 Å². The maximum Gasteiger partial charge on any atom is 0.407 e. The largest absolute Gasteiger partial charge is 0.444 e. The van der Waals surface area contributed by atoms with E-state index in [0.29, 0.717) is 18.7 Å². The van der Waals surface area contributed by atoms with Gasteiger partial charge >= 0.3 is 6.09 Å².